The number of fused-ring (bicyclic) bond motifs is 1. The topological polar surface area (TPSA) is 182 Å². The van der Waals surface area contributed by atoms with Gasteiger partial charge in [0.05, 0.1) is 5.56 Å². The predicted octanol–water partition coefficient (Wildman–Crippen LogP) is -1.60. The van der Waals surface area contributed by atoms with Gasteiger partial charge < -0.3 is 20.8 Å². The number of esters is 1. The number of aryl methyl sites for hydroxylation is 2. The van der Waals surface area contributed by atoms with Crippen LogP contribution < -0.4 is 32.8 Å². The Kier molecular flexibility index (Phi) is 5.59. The highest BCUT2D eigenvalue weighted by molar-refractivity contribution is 6.06. The molecule has 3 rings (SSSR count). The van der Waals surface area contributed by atoms with Gasteiger partial charge in [-0.1, -0.05) is 12.1 Å². The fraction of sp³-hybridized carbons (Fsp3) is 0.222. The van der Waals surface area contributed by atoms with E-state index >= 15 is 0 Å². The van der Waals surface area contributed by atoms with E-state index in [1.165, 1.54) is 42.4 Å². The zero-order valence-electron chi connectivity index (χ0n) is 16.9. The second kappa shape index (κ2) is 8.14. The molecular weight excluding hydrogens is 408 g/mol. The van der Waals surface area contributed by atoms with Crippen molar-refractivity contribution < 1.29 is 14.3 Å². The molecule has 0 aliphatic rings. The van der Waals surface area contributed by atoms with Gasteiger partial charge in [-0.25, -0.2) is 14.6 Å². The molecule has 13 nitrogen and oxygen atoms in total. The molecule has 2 heterocycles. The van der Waals surface area contributed by atoms with Crippen molar-refractivity contribution in [2.45, 2.75) is 0 Å². The Morgan fingerprint density at radius 2 is 1.77 bits per heavy atom. The molecular formula is C18H20N8O5. The van der Waals surface area contributed by atoms with Crippen LogP contribution in [0.1, 0.15) is 10.4 Å². The number of hydrogen-bond acceptors (Lipinski definition) is 7. The second-order valence-corrected chi connectivity index (χ2v) is 6.54. The van der Waals surface area contributed by atoms with Crippen LogP contribution in [0.5, 0.6) is 5.75 Å². The van der Waals surface area contributed by atoms with Crippen molar-refractivity contribution in [3.8, 4) is 5.75 Å². The van der Waals surface area contributed by atoms with E-state index in [0.29, 0.717) is 0 Å². The van der Waals surface area contributed by atoms with Gasteiger partial charge in [0.15, 0.2) is 17.1 Å². The van der Waals surface area contributed by atoms with Crippen molar-refractivity contribution in [1.82, 2.24) is 18.7 Å². The van der Waals surface area contributed by atoms with Crippen LogP contribution in [0.25, 0.3) is 11.2 Å². The minimum absolute atomic E-state index is 0.0159. The number of hydrogen-bond donors (Lipinski definition) is 3. The molecule has 0 aliphatic heterocycles. The minimum atomic E-state index is -0.769. The molecule has 1 aromatic carbocycles. The van der Waals surface area contributed by atoms with E-state index in [1.807, 2.05) is 0 Å². The molecule has 0 unspecified atom stereocenters. The molecule has 0 aliphatic carbocycles. The van der Waals surface area contributed by atoms with Crippen LogP contribution in [0.2, 0.25) is 0 Å². The lowest BCUT2D eigenvalue weighted by atomic mass is 10.2. The number of carbonyl (C=O) groups excluding carboxylic acids is 2. The van der Waals surface area contributed by atoms with E-state index in [-0.39, 0.29) is 34.4 Å². The third kappa shape index (κ3) is 4.01. The van der Waals surface area contributed by atoms with Gasteiger partial charge in [0, 0.05) is 21.1 Å². The van der Waals surface area contributed by atoms with E-state index in [9.17, 15) is 19.2 Å². The second-order valence-electron chi connectivity index (χ2n) is 6.54. The molecule has 1 amide bonds. The number of imidazole rings is 1. The van der Waals surface area contributed by atoms with Crippen molar-refractivity contribution in [3.63, 3.8) is 0 Å². The maximum absolute atomic E-state index is 12.8. The SMILES string of the molecule is Cn1c(=O)c2c(nc(NC(=O)c3ccccc3OC(=O)CN=C(N)N)n2C)n(C)c1=O. The first-order valence-electron chi connectivity index (χ1n) is 8.90. The number of amides is 1. The Hall–Kier alpha value is -4.42. The Bertz CT molecular complexity index is 1340. The first-order valence-corrected chi connectivity index (χ1v) is 8.90. The van der Waals surface area contributed by atoms with E-state index < -0.39 is 29.7 Å². The van der Waals surface area contributed by atoms with Gasteiger partial charge in [-0.2, -0.15) is 4.98 Å². The molecule has 0 radical (unpaired) electrons. The number of ether oxygens (including phenoxy) is 1. The summed E-state index contributed by atoms with van der Waals surface area (Å²) >= 11 is 0. The number of aliphatic imine (C=N–C) groups is 1. The molecule has 0 spiro atoms. The number of nitrogens with two attached hydrogens (primary N) is 2. The summed E-state index contributed by atoms with van der Waals surface area (Å²) in [6.45, 7) is -0.416. The number of benzene rings is 1. The third-order valence-corrected chi connectivity index (χ3v) is 4.45. The van der Waals surface area contributed by atoms with Crippen LogP contribution in [0.4, 0.5) is 5.95 Å². The number of rotatable bonds is 5. The Labute approximate surface area is 174 Å². The molecule has 2 aromatic heterocycles. The normalized spacial score (nSPS) is 10.7. The number of carbonyl (C=O) groups is 2. The van der Waals surface area contributed by atoms with E-state index in [4.69, 9.17) is 16.2 Å². The van der Waals surface area contributed by atoms with Crippen molar-refractivity contribution in [2.75, 3.05) is 11.9 Å². The fourth-order valence-electron chi connectivity index (χ4n) is 2.85. The zero-order valence-corrected chi connectivity index (χ0v) is 16.9. The molecule has 0 fully saturated rings. The Morgan fingerprint density at radius 3 is 2.45 bits per heavy atom. The lowest BCUT2D eigenvalue weighted by Gasteiger charge is -2.10. The molecule has 162 valence electrons. The molecule has 31 heavy (non-hydrogen) atoms. The average Bonchev–Trinajstić information content (AvgIpc) is 3.05. The highest BCUT2D eigenvalue weighted by Gasteiger charge is 2.21. The lowest BCUT2D eigenvalue weighted by Crippen LogP contribution is -2.37. The molecule has 5 N–H and O–H groups in total. The number of aromatic nitrogens is 4. The highest BCUT2D eigenvalue weighted by atomic mass is 16.5. The van der Waals surface area contributed by atoms with Crippen LogP contribution in [-0.4, -0.2) is 43.1 Å². The van der Waals surface area contributed by atoms with Gasteiger partial charge in [0.1, 0.15) is 12.3 Å². The van der Waals surface area contributed by atoms with Crippen molar-refractivity contribution in [1.29, 1.82) is 0 Å². The van der Waals surface area contributed by atoms with E-state index in [0.717, 1.165) is 4.57 Å². The van der Waals surface area contributed by atoms with E-state index in [1.54, 1.807) is 12.1 Å². The third-order valence-electron chi connectivity index (χ3n) is 4.45. The van der Waals surface area contributed by atoms with Gasteiger partial charge in [-0.15, -0.1) is 0 Å². The number of anilines is 1. The van der Waals surface area contributed by atoms with Gasteiger partial charge in [-0.3, -0.25) is 24.0 Å². The molecule has 0 bridgehead atoms. The summed E-state index contributed by atoms with van der Waals surface area (Å²) in [6.07, 6.45) is 0. The van der Waals surface area contributed by atoms with E-state index in [2.05, 4.69) is 15.3 Å². The number of para-hydroxylation sites is 1. The molecule has 3 aromatic rings. The monoisotopic (exact) mass is 428 g/mol. The smallest absolute Gasteiger partial charge is 0.333 e. The van der Waals surface area contributed by atoms with Crippen LogP contribution in [-0.2, 0) is 25.9 Å². The lowest BCUT2D eigenvalue weighted by molar-refractivity contribution is -0.132. The van der Waals surface area contributed by atoms with Gasteiger partial charge in [0.25, 0.3) is 11.5 Å². The number of nitrogens with zero attached hydrogens (tertiary/aromatic N) is 5. The molecule has 0 saturated carbocycles. The van der Waals surface area contributed by atoms with Gasteiger partial charge in [0.2, 0.25) is 5.95 Å². The number of nitrogens with one attached hydrogen (secondary N) is 1. The van der Waals surface area contributed by atoms with Crippen molar-refractivity contribution >= 4 is 34.9 Å². The Morgan fingerprint density at radius 1 is 1.10 bits per heavy atom. The average molecular weight is 428 g/mol. The summed E-state index contributed by atoms with van der Waals surface area (Å²) in [6, 6.07) is 6.03. The van der Waals surface area contributed by atoms with Crippen LogP contribution in [0.15, 0.2) is 38.8 Å². The van der Waals surface area contributed by atoms with Crippen LogP contribution in [0, 0.1) is 0 Å². The molecule has 0 saturated heterocycles. The summed E-state index contributed by atoms with van der Waals surface area (Å²) < 4.78 is 8.68. The summed E-state index contributed by atoms with van der Waals surface area (Å²) in [5.41, 5.74) is 9.55. The maximum atomic E-state index is 12.8. The standard InChI is InChI=1S/C18H20N8O5/c1-24-12-13(25(2)18(30)26(3)15(12)29)22-17(24)23-14(28)9-6-4-5-7-10(9)31-11(27)8-21-16(19)20/h4-7H,8H2,1-3H3,(H4,19,20,21)(H,22,23,28). The predicted molar refractivity (Wildman–Crippen MR) is 112 cm³/mol. The Balaban J connectivity index is 1.95. The van der Waals surface area contributed by atoms with Crippen molar-refractivity contribution in [3.05, 3.63) is 50.7 Å². The fourth-order valence-corrected chi connectivity index (χ4v) is 2.85. The largest absolute Gasteiger partial charge is 0.424 e. The summed E-state index contributed by atoms with van der Waals surface area (Å²) in [4.78, 5) is 57.1. The highest BCUT2D eigenvalue weighted by Crippen LogP contribution is 2.21. The van der Waals surface area contributed by atoms with Crippen molar-refractivity contribution in [2.24, 2.45) is 37.6 Å². The zero-order chi connectivity index (χ0) is 22.9. The van der Waals surface area contributed by atoms with Crippen LogP contribution in [0.3, 0.4) is 0 Å². The van der Waals surface area contributed by atoms with Gasteiger partial charge >= 0.3 is 11.7 Å². The number of guanidine groups is 1. The molecule has 0 atom stereocenters. The minimum Gasteiger partial charge on any atom is -0.424 e. The summed E-state index contributed by atoms with van der Waals surface area (Å²) in [5, 5.41) is 2.56. The maximum Gasteiger partial charge on any atom is 0.333 e. The van der Waals surface area contributed by atoms with Gasteiger partial charge in [-0.05, 0) is 12.1 Å². The van der Waals surface area contributed by atoms with Crippen LogP contribution >= 0.6 is 0 Å². The quantitative estimate of drug-likeness (QED) is 0.188. The first-order chi connectivity index (χ1) is 14.6. The summed E-state index contributed by atoms with van der Waals surface area (Å²) in [7, 11) is 4.34. The first kappa shape index (κ1) is 21.3. The summed E-state index contributed by atoms with van der Waals surface area (Å²) in [5.74, 6) is -1.68. The molecule has 13 heteroatoms.